The molecule has 2 aromatic carbocycles. The minimum absolute atomic E-state index is 0.334. The third kappa shape index (κ3) is 3.00. The van der Waals surface area contributed by atoms with Crippen molar-refractivity contribution in [3.63, 3.8) is 0 Å². The molecule has 0 fully saturated rings. The molecule has 0 unspecified atom stereocenters. The molecule has 4 nitrogen and oxygen atoms in total. The van der Waals surface area contributed by atoms with Gasteiger partial charge in [0.05, 0.1) is 21.3 Å². The molecule has 0 aliphatic carbocycles. The van der Waals surface area contributed by atoms with Gasteiger partial charge in [0.1, 0.15) is 6.07 Å². The Morgan fingerprint density at radius 3 is 2.70 bits per heavy atom. The quantitative estimate of drug-likeness (QED) is 0.757. The molecular weight excluding hydrogens is 386 g/mol. The lowest BCUT2D eigenvalue weighted by Crippen LogP contribution is -2.14. The van der Waals surface area contributed by atoms with Gasteiger partial charge in [-0.25, -0.2) is 0 Å². The molecule has 0 saturated heterocycles. The Morgan fingerprint density at radius 2 is 2.00 bits per heavy atom. The van der Waals surface area contributed by atoms with Gasteiger partial charge in [0, 0.05) is 10.2 Å². The van der Waals surface area contributed by atoms with Crippen LogP contribution in [0.4, 0.5) is 11.4 Å². The lowest BCUT2D eigenvalue weighted by molar-refractivity contribution is 0.102. The van der Waals surface area contributed by atoms with Gasteiger partial charge in [0.15, 0.2) is 0 Å². The number of hydrogen-bond acceptors (Lipinski definition) is 3. The third-order valence-electron chi connectivity index (χ3n) is 2.62. The summed E-state index contributed by atoms with van der Waals surface area (Å²) in [6.07, 6.45) is 0. The van der Waals surface area contributed by atoms with Gasteiger partial charge in [-0.3, -0.25) is 4.79 Å². The maximum absolute atomic E-state index is 12.2. The van der Waals surface area contributed by atoms with Gasteiger partial charge in [-0.15, -0.1) is 0 Å². The van der Waals surface area contributed by atoms with Crippen LogP contribution in [0.2, 0.25) is 0 Å². The number of hydrogen-bond donors (Lipinski definition) is 2. The zero-order chi connectivity index (χ0) is 14.7. The van der Waals surface area contributed by atoms with Gasteiger partial charge in [0.25, 0.3) is 5.91 Å². The predicted octanol–water partition coefficient (Wildman–Crippen LogP) is 3.92. The SMILES string of the molecule is N#Cc1ccc(Br)cc1NC(=O)c1cccc(N)c1Br. The second kappa shape index (κ2) is 6.07. The summed E-state index contributed by atoms with van der Waals surface area (Å²) in [6, 6.07) is 12.1. The van der Waals surface area contributed by atoms with Crippen molar-refractivity contribution in [1.29, 1.82) is 5.26 Å². The van der Waals surface area contributed by atoms with E-state index < -0.39 is 0 Å². The number of nitrogens with one attached hydrogen (secondary N) is 1. The van der Waals surface area contributed by atoms with Crippen LogP contribution in [0.5, 0.6) is 0 Å². The maximum Gasteiger partial charge on any atom is 0.256 e. The van der Waals surface area contributed by atoms with Crippen LogP contribution in [0.1, 0.15) is 15.9 Å². The summed E-state index contributed by atoms with van der Waals surface area (Å²) < 4.78 is 1.31. The number of nitrogens with zero attached hydrogens (tertiary/aromatic N) is 1. The molecule has 0 saturated carbocycles. The number of anilines is 2. The molecule has 2 rings (SSSR count). The summed E-state index contributed by atoms with van der Waals surface area (Å²) in [6.45, 7) is 0. The fourth-order valence-corrected chi connectivity index (χ4v) is 2.44. The van der Waals surface area contributed by atoms with E-state index in [0.717, 1.165) is 4.47 Å². The van der Waals surface area contributed by atoms with Crippen molar-refractivity contribution in [1.82, 2.24) is 0 Å². The summed E-state index contributed by atoms with van der Waals surface area (Å²) in [4.78, 5) is 12.2. The lowest BCUT2D eigenvalue weighted by atomic mass is 10.1. The number of carbonyl (C=O) groups excluding carboxylic acids is 1. The van der Waals surface area contributed by atoms with E-state index in [-0.39, 0.29) is 5.91 Å². The van der Waals surface area contributed by atoms with Gasteiger partial charge in [-0.1, -0.05) is 22.0 Å². The Kier molecular flexibility index (Phi) is 4.42. The first-order valence-electron chi connectivity index (χ1n) is 5.58. The van der Waals surface area contributed by atoms with Gasteiger partial charge >= 0.3 is 0 Å². The van der Waals surface area contributed by atoms with Crippen LogP contribution in [-0.4, -0.2) is 5.91 Å². The van der Waals surface area contributed by atoms with Crippen molar-refractivity contribution >= 4 is 49.1 Å². The van der Waals surface area contributed by atoms with E-state index in [1.807, 2.05) is 6.07 Å². The van der Waals surface area contributed by atoms with Gasteiger partial charge in [-0.2, -0.15) is 5.26 Å². The smallest absolute Gasteiger partial charge is 0.256 e. The number of amides is 1. The van der Waals surface area contributed by atoms with E-state index in [9.17, 15) is 4.79 Å². The van der Waals surface area contributed by atoms with Crippen molar-refractivity contribution in [3.8, 4) is 6.07 Å². The molecule has 0 radical (unpaired) electrons. The van der Waals surface area contributed by atoms with Gasteiger partial charge in [-0.05, 0) is 46.3 Å². The first-order valence-corrected chi connectivity index (χ1v) is 7.16. The Labute approximate surface area is 132 Å². The highest BCUT2D eigenvalue weighted by molar-refractivity contribution is 9.11. The molecule has 0 aliphatic heterocycles. The molecule has 1 amide bonds. The van der Waals surface area contributed by atoms with E-state index in [1.165, 1.54) is 0 Å². The van der Waals surface area contributed by atoms with Gasteiger partial charge in [0.2, 0.25) is 0 Å². The molecule has 2 aromatic rings. The summed E-state index contributed by atoms with van der Waals surface area (Å²) in [7, 11) is 0. The van der Waals surface area contributed by atoms with E-state index in [1.54, 1.807) is 36.4 Å². The molecule has 0 atom stereocenters. The Morgan fingerprint density at radius 1 is 1.25 bits per heavy atom. The molecule has 100 valence electrons. The van der Waals surface area contributed by atoms with Crippen LogP contribution in [0.3, 0.4) is 0 Å². The Balaban J connectivity index is 2.35. The second-order valence-electron chi connectivity index (χ2n) is 3.96. The maximum atomic E-state index is 12.2. The minimum atomic E-state index is -0.334. The summed E-state index contributed by atoms with van der Waals surface area (Å²) in [5.74, 6) is -0.334. The minimum Gasteiger partial charge on any atom is -0.398 e. The van der Waals surface area contributed by atoms with Crippen molar-refractivity contribution in [3.05, 3.63) is 56.5 Å². The van der Waals surface area contributed by atoms with E-state index in [2.05, 4.69) is 37.2 Å². The van der Waals surface area contributed by atoms with E-state index >= 15 is 0 Å². The molecule has 3 N–H and O–H groups in total. The fourth-order valence-electron chi connectivity index (χ4n) is 1.63. The summed E-state index contributed by atoms with van der Waals surface area (Å²) >= 11 is 6.59. The molecule has 0 bridgehead atoms. The number of nitriles is 1. The highest BCUT2D eigenvalue weighted by Gasteiger charge is 2.13. The average molecular weight is 395 g/mol. The standard InChI is InChI=1S/C14H9Br2N3O/c15-9-5-4-8(7-17)12(6-9)19-14(20)10-2-1-3-11(18)13(10)16/h1-6H,18H2,(H,19,20). The Bertz CT molecular complexity index is 723. The lowest BCUT2D eigenvalue weighted by Gasteiger charge is -2.10. The fraction of sp³-hybridized carbons (Fsp3) is 0. The van der Waals surface area contributed by atoms with E-state index in [0.29, 0.717) is 27.0 Å². The largest absolute Gasteiger partial charge is 0.398 e. The molecule has 0 aliphatic rings. The van der Waals surface area contributed by atoms with Crippen LogP contribution in [0, 0.1) is 11.3 Å². The first kappa shape index (κ1) is 14.6. The van der Waals surface area contributed by atoms with Crippen LogP contribution in [0.25, 0.3) is 0 Å². The zero-order valence-electron chi connectivity index (χ0n) is 10.2. The predicted molar refractivity (Wildman–Crippen MR) is 85.4 cm³/mol. The molecule has 6 heteroatoms. The summed E-state index contributed by atoms with van der Waals surface area (Å²) in [5, 5.41) is 11.8. The normalized spacial score (nSPS) is 9.85. The summed E-state index contributed by atoms with van der Waals surface area (Å²) in [5.41, 5.74) is 7.47. The highest BCUT2D eigenvalue weighted by Crippen LogP contribution is 2.26. The van der Waals surface area contributed by atoms with Crippen molar-refractivity contribution < 1.29 is 4.79 Å². The molecule has 0 aromatic heterocycles. The van der Waals surface area contributed by atoms with Crippen LogP contribution < -0.4 is 11.1 Å². The molecule has 20 heavy (non-hydrogen) atoms. The topological polar surface area (TPSA) is 78.9 Å². The Hall–Kier alpha value is -1.84. The van der Waals surface area contributed by atoms with Crippen molar-refractivity contribution in [2.24, 2.45) is 0 Å². The van der Waals surface area contributed by atoms with E-state index in [4.69, 9.17) is 11.0 Å². The molecular formula is C14H9Br2N3O. The van der Waals surface area contributed by atoms with Crippen LogP contribution >= 0.6 is 31.9 Å². The number of nitrogens with two attached hydrogens (primary N) is 1. The number of carbonyl (C=O) groups is 1. The number of benzene rings is 2. The van der Waals surface area contributed by atoms with Gasteiger partial charge < -0.3 is 11.1 Å². The highest BCUT2D eigenvalue weighted by atomic mass is 79.9. The van der Waals surface area contributed by atoms with Crippen molar-refractivity contribution in [2.75, 3.05) is 11.1 Å². The second-order valence-corrected chi connectivity index (χ2v) is 5.67. The third-order valence-corrected chi connectivity index (χ3v) is 4.00. The number of rotatable bonds is 2. The first-order chi connectivity index (χ1) is 9.52. The van der Waals surface area contributed by atoms with Crippen LogP contribution in [0.15, 0.2) is 45.3 Å². The number of nitrogen functional groups attached to an aromatic ring is 1. The average Bonchev–Trinajstić information content (AvgIpc) is 2.42. The monoisotopic (exact) mass is 393 g/mol. The number of halogens is 2. The van der Waals surface area contributed by atoms with Crippen LogP contribution in [-0.2, 0) is 0 Å². The van der Waals surface area contributed by atoms with Crippen molar-refractivity contribution in [2.45, 2.75) is 0 Å². The molecule has 0 spiro atoms. The molecule has 0 heterocycles. The zero-order valence-corrected chi connectivity index (χ0v) is 13.3.